The zero-order valence-electron chi connectivity index (χ0n) is 3.36. The number of halogens is 1. The van der Waals surface area contributed by atoms with Crippen LogP contribution in [0.5, 0.6) is 0 Å². The second kappa shape index (κ2) is 5.02. The molecule has 0 atom stereocenters. The van der Waals surface area contributed by atoms with Gasteiger partial charge in [0.15, 0.2) is 0 Å². The van der Waals surface area contributed by atoms with Gasteiger partial charge < -0.3 is 0 Å². The summed E-state index contributed by atoms with van der Waals surface area (Å²) in [5, 5.41) is 0. The van der Waals surface area contributed by atoms with Gasteiger partial charge in [0.25, 0.3) is 0 Å². The molecule has 0 spiro atoms. The highest BCUT2D eigenvalue weighted by molar-refractivity contribution is 7.80. The van der Waals surface area contributed by atoms with Gasteiger partial charge in [-0.25, -0.2) is 4.39 Å². The minimum atomic E-state index is 0.520. The first-order chi connectivity index (χ1) is 2.91. The van der Waals surface area contributed by atoms with Gasteiger partial charge in [0.2, 0.25) is 0 Å². The summed E-state index contributed by atoms with van der Waals surface area (Å²) in [6.07, 6.45) is 2.60. The molecule has 0 bridgehead atoms. The van der Waals surface area contributed by atoms with Crippen molar-refractivity contribution in [3.05, 3.63) is 12.4 Å². The molecule has 0 aliphatic rings. The smallest absolute Gasteiger partial charge is 0.0827 e. The van der Waals surface area contributed by atoms with Crippen LogP contribution >= 0.6 is 12.6 Å². The molecule has 0 fully saturated rings. The van der Waals surface area contributed by atoms with Crippen molar-refractivity contribution in [2.45, 2.75) is 6.42 Å². The van der Waals surface area contributed by atoms with E-state index in [0.29, 0.717) is 18.5 Å². The summed E-state index contributed by atoms with van der Waals surface area (Å²) in [6, 6.07) is 0. The molecule has 0 saturated carbocycles. The first kappa shape index (κ1) is 6.02. The van der Waals surface area contributed by atoms with E-state index >= 15 is 0 Å². The molecule has 0 N–H and O–H groups in total. The minimum Gasteiger partial charge on any atom is -0.216 e. The normalized spacial score (nSPS) is 10.3. The van der Waals surface area contributed by atoms with Crippen LogP contribution in [0.25, 0.3) is 0 Å². The number of hydrogen-bond donors (Lipinski definition) is 0. The molecule has 6 heavy (non-hydrogen) atoms. The standard InChI is InChI=1S/C4H6FS/c5-3-1-2-4-6/h1,3H,2,4H2. The van der Waals surface area contributed by atoms with Crippen molar-refractivity contribution in [2.75, 3.05) is 5.75 Å². The van der Waals surface area contributed by atoms with Crippen LogP contribution < -0.4 is 0 Å². The van der Waals surface area contributed by atoms with Crippen LogP contribution in [0.1, 0.15) is 6.42 Å². The molecule has 0 nitrogen and oxygen atoms in total. The fraction of sp³-hybridized carbons (Fsp3) is 0.500. The van der Waals surface area contributed by atoms with Crippen LogP contribution in [-0.4, -0.2) is 5.75 Å². The van der Waals surface area contributed by atoms with Gasteiger partial charge in [-0.2, -0.15) is 0 Å². The summed E-state index contributed by atoms with van der Waals surface area (Å²) in [5.74, 6) is 0.612. The van der Waals surface area contributed by atoms with Crippen molar-refractivity contribution in [3.8, 4) is 0 Å². The van der Waals surface area contributed by atoms with Crippen molar-refractivity contribution < 1.29 is 4.39 Å². The van der Waals surface area contributed by atoms with Gasteiger partial charge in [-0.15, -0.1) is 0 Å². The highest BCUT2D eigenvalue weighted by atomic mass is 32.1. The Morgan fingerprint density at radius 2 is 2.33 bits per heavy atom. The predicted molar refractivity (Wildman–Crippen MR) is 27.3 cm³/mol. The SMILES string of the molecule is FC=CCC[S]. The molecule has 1 radical (unpaired) electrons. The summed E-state index contributed by atoms with van der Waals surface area (Å²) < 4.78 is 11.0. The van der Waals surface area contributed by atoms with E-state index < -0.39 is 0 Å². The van der Waals surface area contributed by atoms with Crippen LogP contribution in [-0.2, 0) is 0 Å². The second-order valence-corrected chi connectivity index (χ2v) is 1.26. The third-order valence-electron chi connectivity index (χ3n) is 0.374. The molecule has 0 aliphatic heterocycles. The molecule has 0 unspecified atom stereocenters. The van der Waals surface area contributed by atoms with Crippen LogP contribution in [0, 0.1) is 0 Å². The Bertz CT molecular complexity index is 42.8. The lowest BCUT2D eigenvalue weighted by Crippen LogP contribution is -1.61. The lowest BCUT2D eigenvalue weighted by atomic mass is 10.5. The summed E-state index contributed by atoms with van der Waals surface area (Å²) >= 11 is 4.50. The number of allylic oxidation sites excluding steroid dienone is 1. The molecule has 0 aromatic carbocycles. The Morgan fingerprint density at radius 1 is 1.67 bits per heavy atom. The molecule has 0 aromatic heterocycles. The van der Waals surface area contributed by atoms with E-state index in [2.05, 4.69) is 12.6 Å². The molecule has 0 saturated heterocycles. The zero-order chi connectivity index (χ0) is 4.83. The first-order valence-corrected chi connectivity index (χ1v) is 2.33. The highest BCUT2D eigenvalue weighted by Gasteiger charge is 1.68. The largest absolute Gasteiger partial charge is 0.216 e. The zero-order valence-corrected chi connectivity index (χ0v) is 4.17. The Morgan fingerprint density at radius 3 is 2.50 bits per heavy atom. The lowest BCUT2D eigenvalue weighted by Gasteiger charge is -1.72. The molecular formula is C4H6FS. The van der Waals surface area contributed by atoms with Gasteiger partial charge in [0.1, 0.15) is 0 Å². The van der Waals surface area contributed by atoms with Gasteiger partial charge in [-0.3, -0.25) is 0 Å². The van der Waals surface area contributed by atoms with Crippen molar-refractivity contribution in [1.82, 2.24) is 0 Å². The average molecular weight is 105 g/mol. The van der Waals surface area contributed by atoms with Crippen LogP contribution in [0.15, 0.2) is 12.4 Å². The summed E-state index contributed by atoms with van der Waals surface area (Å²) in [5.41, 5.74) is 0. The Balaban J connectivity index is 2.66. The van der Waals surface area contributed by atoms with Gasteiger partial charge in [-0.05, 0) is 6.42 Å². The molecule has 35 valence electrons. The maximum atomic E-state index is 11.0. The summed E-state index contributed by atoms with van der Waals surface area (Å²) in [4.78, 5) is 0. The maximum Gasteiger partial charge on any atom is 0.0827 e. The van der Waals surface area contributed by atoms with Crippen molar-refractivity contribution in [1.29, 1.82) is 0 Å². The van der Waals surface area contributed by atoms with Crippen LogP contribution in [0.4, 0.5) is 4.39 Å². The maximum absolute atomic E-state index is 11.0. The van der Waals surface area contributed by atoms with E-state index in [1.165, 1.54) is 6.08 Å². The Labute approximate surface area is 42.5 Å². The minimum absolute atomic E-state index is 0.520. The van der Waals surface area contributed by atoms with Crippen LogP contribution in [0.3, 0.4) is 0 Å². The van der Waals surface area contributed by atoms with E-state index in [9.17, 15) is 4.39 Å². The van der Waals surface area contributed by atoms with Gasteiger partial charge >= 0.3 is 0 Å². The molecule has 0 heterocycles. The third-order valence-corrected chi connectivity index (χ3v) is 0.609. The number of rotatable bonds is 2. The molecule has 0 aromatic rings. The van der Waals surface area contributed by atoms with E-state index in [-0.39, 0.29) is 0 Å². The predicted octanol–water partition coefficient (Wildman–Crippen LogP) is 2.06. The monoisotopic (exact) mass is 105 g/mol. The topological polar surface area (TPSA) is 0 Å². The van der Waals surface area contributed by atoms with Crippen molar-refractivity contribution >= 4 is 12.6 Å². The van der Waals surface area contributed by atoms with Gasteiger partial charge in [-0.1, -0.05) is 18.7 Å². The van der Waals surface area contributed by atoms with Crippen LogP contribution in [0.2, 0.25) is 0 Å². The van der Waals surface area contributed by atoms with E-state index in [4.69, 9.17) is 0 Å². The highest BCUT2D eigenvalue weighted by Crippen LogP contribution is 1.84. The summed E-state index contributed by atoms with van der Waals surface area (Å²) in [7, 11) is 0. The van der Waals surface area contributed by atoms with Gasteiger partial charge in [0.05, 0.1) is 6.33 Å². The Hall–Kier alpha value is 0.0200. The van der Waals surface area contributed by atoms with E-state index in [0.717, 1.165) is 0 Å². The van der Waals surface area contributed by atoms with Gasteiger partial charge in [0, 0.05) is 5.75 Å². The first-order valence-electron chi connectivity index (χ1n) is 1.75. The summed E-state index contributed by atoms with van der Waals surface area (Å²) in [6.45, 7) is 0. The number of hydrogen-bond acceptors (Lipinski definition) is 0. The molecule has 0 rings (SSSR count). The van der Waals surface area contributed by atoms with Crippen molar-refractivity contribution in [2.24, 2.45) is 0 Å². The second-order valence-electron chi connectivity index (χ2n) is 0.854. The molecular weight excluding hydrogens is 99.1 g/mol. The Kier molecular flexibility index (Phi) is 5.04. The molecule has 0 amide bonds. The third kappa shape index (κ3) is 4.02. The molecule has 0 aliphatic carbocycles. The van der Waals surface area contributed by atoms with E-state index in [1.54, 1.807) is 0 Å². The fourth-order valence-electron chi connectivity index (χ4n) is 0.131. The van der Waals surface area contributed by atoms with E-state index in [1.807, 2.05) is 0 Å². The quantitative estimate of drug-likeness (QED) is 0.504. The fourth-order valence-corrected chi connectivity index (χ4v) is 0.267. The molecule has 2 heteroatoms. The lowest BCUT2D eigenvalue weighted by molar-refractivity contribution is 0.716. The van der Waals surface area contributed by atoms with Crippen molar-refractivity contribution in [3.63, 3.8) is 0 Å². The average Bonchev–Trinajstić information content (AvgIpc) is 1.61.